The lowest BCUT2D eigenvalue weighted by molar-refractivity contribution is -0.136. The fourth-order valence-corrected chi connectivity index (χ4v) is 7.10. The number of benzene rings is 2. The number of nitrogens with zero attached hydrogens (tertiary/aromatic N) is 5. The van der Waals surface area contributed by atoms with Gasteiger partial charge in [0.2, 0.25) is 23.6 Å². The van der Waals surface area contributed by atoms with Crippen LogP contribution in [0.5, 0.6) is 5.75 Å². The first-order valence-electron chi connectivity index (χ1n) is 18.2. The molecule has 2 fully saturated rings. The number of hydrogen-bond acceptors (Lipinski definition) is 11. The lowest BCUT2D eigenvalue weighted by Crippen LogP contribution is -2.54. The molecule has 2 aromatic carbocycles. The monoisotopic (exact) mass is 724 g/mol. The maximum absolute atomic E-state index is 13.2. The van der Waals surface area contributed by atoms with E-state index in [1.54, 1.807) is 30.3 Å². The van der Waals surface area contributed by atoms with Crippen LogP contribution < -0.4 is 21.3 Å². The van der Waals surface area contributed by atoms with Crippen molar-refractivity contribution in [2.45, 2.75) is 76.7 Å². The number of imide groups is 2. The number of rotatable bonds is 14. The van der Waals surface area contributed by atoms with Gasteiger partial charge in [0.25, 0.3) is 11.8 Å². The summed E-state index contributed by atoms with van der Waals surface area (Å²) >= 11 is 0. The van der Waals surface area contributed by atoms with Gasteiger partial charge in [-0.1, -0.05) is 50.3 Å². The molecule has 1 atom stereocenters. The number of amides is 6. The minimum atomic E-state index is -1.07. The van der Waals surface area contributed by atoms with Crippen molar-refractivity contribution in [2.75, 3.05) is 42.1 Å². The molecule has 15 heteroatoms. The van der Waals surface area contributed by atoms with Gasteiger partial charge in [-0.3, -0.25) is 39.0 Å². The van der Waals surface area contributed by atoms with Crippen LogP contribution in [0.3, 0.4) is 0 Å². The van der Waals surface area contributed by atoms with Crippen LogP contribution in [-0.2, 0) is 19.2 Å². The Kier molecular flexibility index (Phi) is 11.6. The average molecular weight is 725 g/mol. The number of carbonyl (C=O) groups is 6. The van der Waals surface area contributed by atoms with Gasteiger partial charge in [-0.2, -0.15) is 0 Å². The zero-order valence-corrected chi connectivity index (χ0v) is 29.5. The first-order valence-corrected chi connectivity index (χ1v) is 18.2. The number of hydrogen-bond donors (Lipinski definition) is 4. The Morgan fingerprint density at radius 3 is 2.23 bits per heavy atom. The quantitative estimate of drug-likeness (QED) is 0.139. The Bertz CT molecular complexity index is 1910. The molecule has 0 bridgehead atoms. The first-order chi connectivity index (χ1) is 25.6. The molecule has 0 saturated carbocycles. The molecule has 1 aromatic heterocycles. The Morgan fingerprint density at radius 2 is 1.51 bits per heavy atom. The molecule has 0 spiro atoms. The molecule has 1 unspecified atom stereocenters. The second kappa shape index (κ2) is 16.7. The number of nitrogen functional groups attached to an aromatic ring is 1. The van der Waals surface area contributed by atoms with Crippen molar-refractivity contribution in [3.63, 3.8) is 0 Å². The summed E-state index contributed by atoms with van der Waals surface area (Å²) in [6.45, 7) is 2.41. The highest BCUT2D eigenvalue weighted by molar-refractivity contribution is 6.26. The summed E-state index contributed by atoms with van der Waals surface area (Å²) < 4.78 is 0. The Balaban J connectivity index is 0.849. The molecule has 278 valence electrons. The van der Waals surface area contributed by atoms with Gasteiger partial charge in [-0.25, -0.2) is 0 Å². The zero-order valence-electron chi connectivity index (χ0n) is 29.5. The average Bonchev–Trinajstić information content (AvgIpc) is 3.40. The molecule has 53 heavy (non-hydrogen) atoms. The van der Waals surface area contributed by atoms with Gasteiger partial charge in [0, 0.05) is 51.0 Å². The van der Waals surface area contributed by atoms with Gasteiger partial charge >= 0.3 is 0 Å². The molecule has 2 saturated heterocycles. The fraction of sp³-hybridized carbons (Fsp3) is 0.421. The van der Waals surface area contributed by atoms with E-state index in [0.29, 0.717) is 56.1 Å². The number of fused-ring (bicyclic) bond motifs is 1. The first kappa shape index (κ1) is 36.9. The molecule has 4 heterocycles. The van der Waals surface area contributed by atoms with Crippen LogP contribution in [0.15, 0.2) is 48.5 Å². The molecule has 5 N–H and O–H groups in total. The number of anilines is 3. The lowest BCUT2D eigenvalue weighted by Gasteiger charge is -2.36. The second-order valence-electron chi connectivity index (χ2n) is 13.6. The van der Waals surface area contributed by atoms with Crippen LogP contribution in [0.2, 0.25) is 0 Å². The van der Waals surface area contributed by atoms with Crippen LogP contribution in [-0.4, -0.2) is 92.8 Å². The predicted molar refractivity (Wildman–Crippen MR) is 196 cm³/mol. The molecule has 3 aliphatic rings. The Morgan fingerprint density at radius 1 is 0.830 bits per heavy atom. The number of piperidine rings is 1. The van der Waals surface area contributed by atoms with Crippen LogP contribution in [0, 0.1) is 0 Å². The molecule has 0 aliphatic carbocycles. The normalized spacial score (nSPS) is 17.2. The maximum atomic E-state index is 13.2. The van der Waals surface area contributed by atoms with E-state index in [0.717, 1.165) is 49.1 Å². The minimum absolute atomic E-state index is 0.0287. The van der Waals surface area contributed by atoms with Crippen LogP contribution in [0.1, 0.15) is 91.3 Å². The third kappa shape index (κ3) is 8.45. The van der Waals surface area contributed by atoms with Crippen molar-refractivity contribution in [3.8, 4) is 17.0 Å². The number of unbranched alkanes of at least 4 members (excludes halogenated alkanes) is 6. The number of aromatic hydroxyl groups is 1. The van der Waals surface area contributed by atoms with E-state index >= 15 is 0 Å². The minimum Gasteiger partial charge on any atom is -0.507 e. The van der Waals surface area contributed by atoms with E-state index < -0.39 is 29.7 Å². The number of para-hydroxylation sites is 1. The third-order valence-corrected chi connectivity index (χ3v) is 9.99. The maximum Gasteiger partial charge on any atom is 0.264 e. The van der Waals surface area contributed by atoms with Gasteiger partial charge in [-0.05, 0) is 49.6 Å². The van der Waals surface area contributed by atoms with E-state index in [9.17, 15) is 33.9 Å². The summed E-state index contributed by atoms with van der Waals surface area (Å²) in [5.74, 6) is -2.11. The molecular weight excluding hydrogens is 680 g/mol. The molecule has 15 nitrogen and oxygen atoms in total. The van der Waals surface area contributed by atoms with Crippen molar-refractivity contribution in [1.82, 2.24) is 25.3 Å². The van der Waals surface area contributed by atoms with Gasteiger partial charge in [0.1, 0.15) is 11.8 Å². The number of phenols is 1. The van der Waals surface area contributed by atoms with E-state index in [2.05, 4.69) is 25.7 Å². The number of nitrogens with two attached hydrogens (primary N) is 1. The van der Waals surface area contributed by atoms with Crippen molar-refractivity contribution >= 4 is 52.6 Å². The summed E-state index contributed by atoms with van der Waals surface area (Å²) in [4.78, 5) is 80.7. The van der Waals surface area contributed by atoms with E-state index in [1.165, 1.54) is 6.07 Å². The van der Waals surface area contributed by atoms with Crippen LogP contribution in [0.4, 0.5) is 17.2 Å². The smallest absolute Gasteiger partial charge is 0.264 e. The van der Waals surface area contributed by atoms with E-state index in [1.807, 2.05) is 17.0 Å². The van der Waals surface area contributed by atoms with Gasteiger partial charge < -0.3 is 26.0 Å². The topological polar surface area (TPSA) is 208 Å². The number of aromatic nitrogens is 2. The fourth-order valence-electron chi connectivity index (χ4n) is 7.10. The highest BCUT2D eigenvalue weighted by atomic mass is 16.3. The lowest BCUT2D eigenvalue weighted by atomic mass is 10.0. The van der Waals surface area contributed by atoms with E-state index in [4.69, 9.17) is 5.73 Å². The molecule has 6 amide bonds. The number of carbonyl (C=O) groups excluding carboxylic acids is 6. The summed E-state index contributed by atoms with van der Waals surface area (Å²) in [7, 11) is 0. The standard InChI is InChI=1S/C38H44N8O7/c39-35-29(23-27(42-43-35)24-11-8-9-14-30(24)47)44-19-21-45(22-20-44)33(50)16-7-5-3-1-2-4-6-15-31(48)40-26-13-10-12-25-34(26)38(53)46(37(25)52)28-17-18-32(49)41-36(28)51/h8-14,23,28,47H,1-7,15-22H2,(H2,39,43)(H,40,48)(H,41,49,51). The van der Waals surface area contributed by atoms with Gasteiger partial charge in [0.05, 0.1) is 28.2 Å². The zero-order chi connectivity index (χ0) is 37.5. The SMILES string of the molecule is Nc1nnc(-c2ccccc2O)cc1N1CCN(C(=O)CCCCCCCCCC(=O)Nc2cccc3c2C(=O)N(C2CCC(=O)NC2=O)C3=O)CC1. The van der Waals surface area contributed by atoms with Crippen LogP contribution >= 0.6 is 0 Å². The van der Waals surface area contributed by atoms with Gasteiger partial charge in [-0.15, -0.1) is 10.2 Å². The molecular formula is C38H44N8O7. The van der Waals surface area contributed by atoms with E-state index in [-0.39, 0.29) is 53.6 Å². The number of nitrogens with one attached hydrogen (secondary N) is 2. The Hall–Kier alpha value is -5.86. The third-order valence-electron chi connectivity index (χ3n) is 9.99. The van der Waals surface area contributed by atoms with Crippen molar-refractivity contribution < 1.29 is 33.9 Å². The predicted octanol–water partition coefficient (Wildman–Crippen LogP) is 3.63. The highest BCUT2D eigenvalue weighted by Crippen LogP contribution is 2.33. The molecule has 6 rings (SSSR count). The number of piperazine rings is 1. The van der Waals surface area contributed by atoms with Crippen molar-refractivity contribution in [3.05, 3.63) is 59.7 Å². The Labute approximate surface area is 306 Å². The van der Waals surface area contributed by atoms with Crippen LogP contribution in [0.25, 0.3) is 11.3 Å². The second-order valence-corrected chi connectivity index (χ2v) is 13.6. The molecule has 0 radical (unpaired) electrons. The largest absolute Gasteiger partial charge is 0.507 e. The summed E-state index contributed by atoms with van der Waals surface area (Å²) in [5.41, 5.74) is 8.40. The summed E-state index contributed by atoms with van der Waals surface area (Å²) in [6, 6.07) is 12.3. The highest BCUT2D eigenvalue weighted by Gasteiger charge is 2.45. The summed E-state index contributed by atoms with van der Waals surface area (Å²) in [6.07, 6.45) is 7.08. The molecule has 3 aliphatic heterocycles. The van der Waals surface area contributed by atoms with Crippen molar-refractivity contribution in [2.24, 2.45) is 0 Å². The van der Waals surface area contributed by atoms with Gasteiger partial charge in [0.15, 0.2) is 5.82 Å². The summed E-state index contributed by atoms with van der Waals surface area (Å²) in [5, 5.41) is 23.4. The number of phenolic OH excluding ortho intramolecular Hbond substituents is 1. The van der Waals surface area contributed by atoms with Crippen molar-refractivity contribution in [1.29, 1.82) is 0 Å². The molecule has 3 aromatic rings.